The molecule has 0 spiro atoms. The molecule has 4 rings (SSSR count). The molecule has 1 aromatic rings. The number of rotatable bonds is 3. The molecule has 6 heteroatoms. The Morgan fingerprint density at radius 2 is 2.15 bits per heavy atom. The average molecular weight is 356 g/mol. The fourth-order valence-electron chi connectivity index (χ4n) is 4.48. The average Bonchev–Trinajstić information content (AvgIpc) is 3.28. The number of aromatic nitrogens is 1. The highest BCUT2D eigenvalue weighted by Gasteiger charge is 2.43. The Morgan fingerprint density at radius 1 is 1.35 bits per heavy atom. The zero-order valence-corrected chi connectivity index (χ0v) is 16.1. The van der Waals surface area contributed by atoms with E-state index in [4.69, 9.17) is 4.52 Å². The number of carbonyl (C=O) groups is 1. The summed E-state index contributed by atoms with van der Waals surface area (Å²) in [5.74, 6) is 0.923. The van der Waals surface area contributed by atoms with E-state index in [1.54, 1.807) is 6.07 Å². The molecule has 1 amide bonds. The van der Waals surface area contributed by atoms with Crippen molar-refractivity contribution < 1.29 is 9.32 Å². The van der Waals surface area contributed by atoms with Crippen LogP contribution in [0.25, 0.3) is 0 Å². The maximum atomic E-state index is 12.6. The predicted molar refractivity (Wildman–Crippen MR) is 99.0 cm³/mol. The fourth-order valence-corrected chi connectivity index (χ4v) is 4.48. The van der Waals surface area contributed by atoms with E-state index in [0.29, 0.717) is 17.5 Å². The summed E-state index contributed by atoms with van der Waals surface area (Å²) >= 11 is 0. The molecule has 1 aromatic heterocycles. The first-order valence-electron chi connectivity index (χ1n) is 9.39. The van der Waals surface area contributed by atoms with Crippen LogP contribution < -0.4 is 0 Å². The number of carbonyl (C=O) groups excluding carboxylic acids is 1. The molecule has 1 fully saturated rings. The summed E-state index contributed by atoms with van der Waals surface area (Å²) in [5.41, 5.74) is 3.40. The van der Waals surface area contributed by atoms with Gasteiger partial charge in [-0.2, -0.15) is 0 Å². The number of hydrogen-bond acceptors (Lipinski definition) is 5. The summed E-state index contributed by atoms with van der Waals surface area (Å²) in [4.78, 5) is 19.3. The van der Waals surface area contributed by atoms with Crippen molar-refractivity contribution >= 4 is 5.91 Å². The van der Waals surface area contributed by atoms with Gasteiger partial charge in [0.1, 0.15) is 6.26 Å². The number of allylic oxidation sites excluding steroid dienone is 2. The molecule has 1 aliphatic carbocycles. The maximum Gasteiger partial charge on any atom is 0.276 e. The Kier molecular flexibility index (Phi) is 4.09. The van der Waals surface area contributed by atoms with Crippen LogP contribution >= 0.6 is 0 Å². The molecule has 2 unspecified atom stereocenters. The molecule has 1 saturated heterocycles. The van der Waals surface area contributed by atoms with E-state index in [2.05, 4.69) is 55.1 Å². The van der Waals surface area contributed by atoms with Crippen molar-refractivity contribution in [1.82, 2.24) is 19.9 Å². The third-order valence-corrected chi connectivity index (χ3v) is 5.46. The molecule has 6 nitrogen and oxygen atoms in total. The molecule has 0 N–H and O–H groups in total. The van der Waals surface area contributed by atoms with Gasteiger partial charge >= 0.3 is 0 Å². The molecular weight excluding hydrogens is 328 g/mol. The molecular formula is C20H28N4O2. The van der Waals surface area contributed by atoms with Gasteiger partial charge in [-0.3, -0.25) is 4.79 Å². The predicted octanol–water partition coefficient (Wildman–Crippen LogP) is 2.79. The van der Waals surface area contributed by atoms with E-state index in [1.165, 1.54) is 17.5 Å². The summed E-state index contributed by atoms with van der Waals surface area (Å²) in [6.07, 6.45) is 7.17. The second-order valence-electron chi connectivity index (χ2n) is 9.03. The van der Waals surface area contributed by atoms with E-state index >= 15 is 0 Å². The Labute approximate surface area is 155 Å². The molecule has 0 saturated carbocycles. The highest BCUT2D eigenvalue weighted by atomic mass is 16.5. The van der Waals surface area contributed by atoms with Crippen LogP contribution in [0.2, 0.25) is 0 Å². The van der Waals surface area contributed by atoms with Crippen LogP contribution in [-0.2, 0) is 0 Å². The van der Waals surface area contributed by atoms with E-state index in [-0.39, 0.29) is 11.3 Å². The van der Waals surface area contributed by atoms with E-state index in [1.807, 2.05) is 4.90 Å². The van der Waals surface area contributed by atoms with Crippen LogP contribution in [0.15, 0.2) is 40.4 Å². The van der Waals surface area contributed by atoms with Gasteiger partial charge in [0.25, 0.3) is 5.91 Å². The van der Waals surface area contributed by atoms with Crippen molar-refractivity contribution in [3.63, 3.8) is 0 Å². The van der Waals surface area contributed by atoms with Crippen molar-refractivity contribution in [3.05, 3.63) is 41.6 Å². The molecule has 140 valence electrons. The Morgan fingerprint density at radius 3 is 2.85 bits per heavy atom. The first kappa shape index (κ1) is 17.2. The lowest BCUT2D eigenvalue weighted by Crippen LogP contribution is -2.34. The van der Waals surface area contributed by atoms with Crippen molar-refractivity contribution in [2.45, 2.75) is 27.2 Å². The SMILES string of the molecule is CN1C=C(C2=CCC3CN(C(=O)c4ccon4)CC23)N(CC(C)(C)C)C1. The summed E-state index contributed by atoms with van der Waals surface area (Å²) < 4.78 is 4.83. The topological polar surface area (TPSA) is 52.8 Å². The molecule has 0 aromatic carbocycles. The largest absolute Gasteiger partial charge is 0.364 e. The Hall–Kier alpha value is -2.24. The first-order chi connectivity index (χ1) is 12.3. The second kappa shape index (κ2) is 6.18. The number of fused-ring (bicyclic) bond motifs is 1. The molecule has 0 radical (unpaired) electrons. The van der Waals surface area contributed by atoms with Gasteiger partial charge < -0.3 is 19.2 Å². The van der Waals surface area contributed by atoms with Gasteiger partial charge in [-0.05, 0) is 23.3 Å². The van der Waals surface area contributed by atoms with Gasteiger partial charge in [0.2, 0.25) is 0 Å². The Balaban J connectivity index is 1.50. The lowest BCUT2D eigenvalue weighted by molar-refractivity contribution is 0.0774. The van der Waals surface area contributed by atoms with Crippen LogP contribution in [0, 0.1) is 17.3 Å². The number of amides is 1. The Bertz CT molecular complexity index is 744. The van der Waals surface area contributed by atoms with Crippen molar-refractivity contribution in [2.24, 2.45) is 17.3 Å². The zero-order chi connectivity index (χ0) is 18.5. The standard InChI is InChI=1S/C20H28N4O2/c1-20(2,3)12-24-13-22(4)11-18(24)15-6-5-14-9-23(10-16(14)15)19(25)17-7-8-26-21-17/h6-8,11,14,16H,5,9-10,12-13H2,1-4H3. The second-order valence-corrected chi connectivity index (χ2v) is 9.03. The van der Waals surface area contributed by atoms with Crippen LogP contribution in [0.3, 0.4) is 0 Å². The minimum atomic E-state index is -0.0171. The lowest BCUT2D eigenvalue weighted by atomic mass is 9.91. The molecule has 0 bridgehead atoms. The van der Waals surface area contributed by atoms with Crippen LogP contribution in [0.1, 0.15) is 37.7 Å². The number of nitrogens with zero attached hydrogens (tertiary/aromatic N) is 4. The quantitative estimate of drug-likeness (QED) is 0.834. The van der Waals surface area contributed by atoms with Crippen molar-refractivity contribution in [2.75, 3.05) is 33.4 Å². The molecule has 3 heterocycles. The van der Waals surface area contributed by atoms with Gasteiger partial charge in [0, 0.05) is 44.9 Å². The zero-order valence-electron chi connectivity index (χ0n) is 16.1. The third kappa shape index (κ3) is 3.13. The van der Waals surface area contributed by atoms with Gasteiger partial charge in [-0.15, -0.1) is 0 Å². The molecule has 2 atom stereocenters. The number of likely N-dealkylation sites (tertiary alicyclic amines) is 1. The maximum absolute atomic E-state index is 12.6. The molecule has 2 aliphatic heterocycles. The highest BCUT2D eigenvalue weighted by molar-refractivity contribution is 5.92. The normalized spacial score (nSPS) is 25.6. The minimum Gasteiger partial charge on any atom is -0.364 e. The van der Waals surface area contributed by atoms with Gasteiger partial charge in [0.15, 0.2) is 5.69 Å². The molecule has 3 aliphatic rings. The number of hydrogen-bond donors (Lipinski definition) is 0. The summed E-state index contributed by atoms with van der Waals surface area (Å²) in [6.45, 7) is 10.4. The van der Waals surface area contributed by atoms with Crippen LogP contribution in [-0.4, -0.2) is 59.1 Å². The first-order valence-corrected chi connectivity index (χ1v) is 9.39. The van der Waals surface area contributed by atoms with Gasteiger partial charge in [-0.25, -0.2) is 0 Å². The molecule has 26 heavy (non-hydrogen) atoms. The summed E-state index contributed by atoms with van der Waals surface area (Å²) in [6, 6.07) is 1.65. The fraction of sp³-hybridized carbons (Fsp3) is 0.600. The van der Waals surface area contributed by atoms with Crippen LogP contribution in [0.5, 0.6) is 0 Å². The monoisotopic (exact) mass is 356 g/mol. The lowest BCUT2D eigenvalue weighted by Gasteiger charge is -2.32. The van der Waals surface area contributed by atoms with E-state index in [0.717, 1.165) is 32.7 Å². The smallest absolute Gasteiger partial charge is 0.276 e. The highest BCUT2D eigenvalue weighted by Crippen LogP contribution is 2.43. The van der Waals surface area contributed by atoms with Gasteiger partial charge in [-0.1, -0.05) is 32.0 Å². The van der Waals surface area contributed by atoms with Crippen LogP contribution in [0.4, 0.5) is 0 Å². The third-order valence-electron chi connectivity index (χ3n) is 5.46. The van der Waals surface area contributed by atoms with Crippen molar-refractivity contribution in [3.8, 4) is 0 Å². The minimum absolute atomic E-state index is 0.0171. The summed E-state index contributed by atoms with van der Waals surface area (Å²) in [5, 5.41) is 3.81. The van der Waals surface area contributed by atoms with E-state index in [9.17, 15) is 4.79 Å². The van der Waals surface area contributed by atoms with Crippen molar-refractivity contribution in [1.29, 1.82) is 0 Å². The van der Waals surface area contributed by atoms with E-state index < -0.39 is 0 Å². The van der Waals surface area contributed by atoms with Gasteiger partial charge in [0.05, 0.1) is 12.4 Å². The summed E-state index contributed by atoms with van der Waals surface area (Å²) in [7, 11) is 2.13.